The Hall–Kier alpha value is -4.05. The number of rotatable bonds is 7. The van der Waals surface area contributed by atoms with E-state index in [0.29, 0.717) is 28.0 Å². The second kappa shape index (κ2) is 9.61. The highest BCUT2D eigenvalue weighted by molar-refractivity contribution is 7.14. The fraction of sp³-hybridized carbons (Fsp3) is 0.0435. The lowest BCUT2D eigenvalue weighted by molar-refractivity contribution is -0.274. The van der Waals surface area contributed by atoms with E-state index in [1.54, 1.807) is 29.6 Å². The molecule has 0 saturated heterocycles. The van der Waals surface area contributed by atoms with E-state index in [9.17, 15) is 18.0 Å². The lowest BCUT2D eigenvalue weighted by Crippen LogP contribution is -2.16. The van der Waals surface area contributed by atoms with Crippen LogP contribution in [0.25, 0.3) is 0 Å². The second-order valence-electron chi connectivity index (χ2n) is 6.63. The van der Waals surface area contributed by atoms with E-state index in [-0.39, 0.29) is 11.4 Å². The van der Waals surface area contributed by atoms with Crippen molar-refractivity contribution in [1.82, 2.24) is 4.98 Å². The van der Waals surface area contributed by atoms with Gasteiger partial charge in [0.15, 0.2) is 5.13 Å². The topological polar surface area (TPSA) is 72.5 Å². The highest BCUT2D eigenvalue weighted by Crippen LogP contribution is 2.27. The average molecular weight is 471 g/mol. The molecule has 0 atom stereocenters. The number of hydrogen-bond donors (Lipinski definition) is 2. The molecule has 1 amide bonds. The third-order valence-electron chi connectivity index (χ3n) is 4.17. The van der Waals surface area contributed by atoms with Gasteiger partial charge >= 0.3 is 6.36 Å². The molecule has 6 nitrogen and oxygen atoms in total. The van der Waals surface area contributed by atoms with E-state index in [1.807, 2.05) is 30.3 Å². The Morgan fingerprint density at radius 1 is 0.818 bits per heavy atom. The number of anilines is 3. The predicted octanol–water partition coefficient (Wildman–Crippen LogP) is 6.83. The van der Waals surface area contributed by atoms with Crippen LogP contribution in [0, 0.1) is 0 Å². The zero-order valence-corrected chi connectivity index (χ0v) is 17.6. The molecule has 168 valence electrons. The third kappa shape index (κ3) is 6.47. The molecule has 2 N–H and O–H groups in total. The molecule has 0 aliphatic heterocycles. The van der Waals surface area contributed by atoms with Gasteiger partial charge in [-0.25, -0.2) is 4.98 Å². The van der Waals surface area contributed by atoms with E-state index in [0.717, 1.165) is 0 Å². The smallest absolute Gasteiger partial charge is 0.457 e. The van der Waals surface area contributed by atoms with Crippen LogP contribution < -0.4 is 20.1 Å². The molecule has 3 aromatic carbocycles. The van der Waals surface area contributed by atoms with E-state index in [1.165, 1.54) is 35.6 Å². The first-order valence-electron chi connectivity index (χ1n) is 9.57. The van der Waals surface area contributed by atoms with Gasteiger partial charge in [-0.3, -0.25) is 4.79 Å². The molecule has 0 spiro atoms. The van der Waals surface area contributed by atoms with Crippen LogP contribution in [-0.2, 0) is 0 Å². The number of carbonyl (C=O) groups is 1. The minimum Gasteiger partial charge on any atom is -0.457 e. The molecule has 0 fully saturated rings. The van der Waals surface area contributed by atoms with Crippen LogP contribution in [0.15, 0.2) is 84.2 Å². The van der Waals surface area contributed by atoms with Gasteiger partial charge in [0.1, 0.15) is 22.9 Å². The number of aromatic nitrogens is 1. The number of halogens is 3. The summed E-state index contributed by atoms with van der Waals surface area (Å²) in [7, 11) is 0. The van der Waals surface area contributed by atoms with Gasteiger partial charge in [-0.1, -0.05) is 18.2 Å². The van der Waals surface area contributed by atoms with Crippen molar-refractivity contribution in [2.45, 2.75) is 6.36 Å². The van der Waals surface area contributed by atoms with Crippen LogP contribution in [-0.4, -0.2) is 17.3 Å². The van der Waals surface area contributed by atoms with Gasteiger partial charge in [-0.15, -0.1) is 24.5 Å². The Morgan fingerprint density at radius 2 is 1.42 bits per heavy atom. The second-order valence-corrected chi connectivity index (χ2v) is 7.49. The van der Waals surface area contributed by atoms with E-state index >= 15 is 0 Å². The summed E-state index contributed by atoms with van der Waals surface area (Å²) in [5.74, 6) is 0.614. The molecule has 0 radical (unpaired) electrons. The molecule has 10 heteroatoms. The summed E-state index contributed by atoms with van der Waals surface area (Å²) in [6, 6.07) is 21.4. The maximum Gasteiger partial charge on any atom is 0.573 e. The highest BCUT2D eigenvalue weighted by Gasteiger charge is 2.30. The monoisotopic (exact) mass is 471 g/mol. The standard InChI is InChI=1S/C23H16F3N3O3S/c24-23(25,26)32-19-12-8-16(9-13-19)28-22-29-20(14-33-22)21(30)27-15-6-10-18(11-7-15)31-17-4-2-1-3-5-17/h1-14H,(H,27,30)(H,28,29). The Morgan fingerprint density at radius 3 is 2.09 bits per heavy atom. The molecule has 0 saturated carbocycles. The summed E-state index contributed by atoms with van der Waals surface area (Å²) >= 11 is 1.19. The number of amides is 1. The summed E-state index contributed by atoms with van der Waals surface area (Å²) < 4.78 is 46.3. The van der Waals surface area contributed by atoms with Crippen LogP contribution in [0.5, 0.6) is 17.2 Å². The number of nitrogens with one attached hydrogen (secondary N) is 2. The first-order chi connectivity index (χ1) is 15.8. The number of hydrogen-bond acceptors (Lipinski definition) is 6. The van der Waals surface area contributed by atoms with Gasteiger partial charge in [-0.05, 0) is 60.7 Å². The Labute approximate surface area is 190 Å². The fourth-order valence-corrected chi connectivity index (χ4v) is 3.44. The first kappa shape index (κ1) is 22.2. The van der Waals surface area contributed by atoms with Gasteiger partial charge in [0.05, 0.1) is 0 Å². The van der Waals surface area contributed by atoms with Crippen LogP contribution in [0.2, 0.25) is 0 Å². The molecule has 4 rings (SSSR count). The van der Waals surface area contributed by atoms with Gasteiger partial charge in [-0.2, -0.15) is 0 Å². The van der Waals surface area contributed by atoms with Crippen LogP contribution in [0.4, 0.5) is 29.7 Å². The minimum atomic E-state index is -4.75. The molecule has 4 aromatic rings. The lowest BCUT2D eigenvalue weighted by atomic mass is 10.3. The third-order valence-corrected chi connectivity index (χ3v) is 4.92. The van der Waals surface area contributed by atoms with Crippen molar-refractivity contribution in [3.63, 3.8) is 0 Å². The maximum absolute atomic E-state index is 12.5. The van der Waals surface area contributed by atoms with E-state index in [4.69, 9.17) is 4.74 Å². The normalized spacial score (nSPS) is 11.0. The number of carbonyl (C=O) groups excluding carboxylic acids is 1. The molecule has 0 bridgehead atoms. The summed E-state index contributed by atoms with van der Waals surface area (Å²) in [6.07, 6.45) is -4.75. The van der Waals surface area contributed by atoms with Crippen molar-refractivity contribution in [2.24, 2.45) is 0 Å². The summed E-state index contributed by atoms with van der Waals surface area (Å²) in [6.45, 7) is 0. The summed E-state index contributed by atoms with van der Waals surface area (Å²) in [4.78, 5) is 16.7. The number of nitrogens with zero attached hydrogens (tertiary/aromatic N) is 1. The zero-order chi connectivity index (χ0) is 23.3. The average Bonchev–Trinajstić information content (AvgIpc) is 3.25. The van der Waals surface area contributed by atoms with Crippen molar-refractivity contribution >= 4 is 33.8 Å². The highest BCUT2D eigenvalue weighted by atomic mass is 32.1. The number of benzene rings is 3. The largest absolute Gasteiger partial charge is 0.573 e. The van der Waals surface area contributed by atoms with Crippen molar-refractivity contribution in [3.8, 4) is 17.2 Å². The van der Waals surface area contributed by atoms with Crippen molar-refractivity contribution in [1.29, 1.82) is 0 Å². The first-order valence-corrected chi connectivity index (χ1v) is 10.4. The molecule has 1 aromatic heterocycles. The Balaban J connectivity index is 1.33. The molecule has 33 heavy (non-hydrogen) atoms. The molecular weight excluding hydrogens is 455 g/mol. The maximum atomic E-state index is 12.5. The molecule has 0 aliphatic rings. The quantitative estimate of drug-likeness (QED) is 0.309. The van der Waals surface area contributed by atoms with Crippen LogP contribution in [0.1, 0.15) is 10.5 Å². The van der Waals surface area contributed by atoms with E-state index < -0.39 is 12.3 Å². The fourth-order valence-electron chi connectivity index (χ4n) is 2.72. The van der Waals surface area contributed by atoms with Crippen molar-refractivity contribution in [3.05, 3.63) is 89.9 Å². The van der Waals surface area contributed by atoms with E-state index in [2.05, 4.69) is 20.4 Å². The summed E-state index contributed by atoms with van der Waals surface area (Å²) in [5.41, 5.74) is 1.27. The minimum absolute atomic E-state index is 0.198. The van der Waals surface area contributed by atoms with Crippen molar-refractivity contribution in [2.75, 3.05) is 10.6 Å². The SMILES string of the molecule is O=C(Nc1ccc(Oc2ccccc2)cc1)c1csc(Nc2ccc(OC(F)(F)F)cc2)n1. The number of ether oxygens (including phenoxy) is 2. The summed E-state index contributed by atoms with van der Waals surface area (Å²) in [5, 5.41) is 7.68. The molecule has 1 heterocycles. The molecule has 0 aliphatic carbocycles. The Bertz CT molecular complexity index is 1210. The van der Waals surface area contributed by atoms with Crippen LogP contribution >= 0.6 is 11.3 Å². The van der Waals surface area contributed by atoms with Gasteiger partial charge in [0.25, 0.3) is 5.91 Å². The van der Waals surface area contributed by atoms with Gasteiger partial charge in [0, 0.05) is 16.8 Å². The lowest BCUT2D eigenvalue weighted by Gasteiger charge is -2.09. The van der Waals surface area contributed by atoms with Gasteiger partial charge in [0.2, 0.25) is 0 Å². The number of thiazole rings is 1. The number of alkyl halides is 3. The predicted molar refractivity (Wildman–Crippen MR) is 119 cm³/mol. The Kier molecular flexibility index (Phi) is 6.45. The van der Waals surface area contributed by atoms with Crippen molar-refractivity contribution < 1.29 is 27.4 Å². The molecular formula is C23H16F3N3O3S. The van der Waals surface area contributed by atoms with Crippen LogP contribution in [0.3, 0.4) is 0 Å². The van der Waals surface area contributed by atoms with Gasteiger partial charge < -0.3 is 20.1 Å². The molecule has 0 unspecified atom stereocenters. The number of para-hydroxylation sites is 1. The zero-order valence-electron chi connectivity index (χ0n) is 16.8.